The average molecular weight is 387 g/mol. The van der Waals surface area contributed by atoms with Gasteiger partial charge in [-0.2, -0.15) is 0 Å². The van der Waals surface area contributed by atoms with E-state index in [1.165, 1.54) is 4.90 Å². The molecule has 0 atom stereocenters. The van der Waals surface area contributed by atoms with Gasteiger partial charge in [0, 0.05) is 11.0 Å². The second kappa shape index (κ2) is 7.93. The molecule has 2 N–H and O–H groups in total. The van der Waals surface area contributed by atoms with Crippen LogP contribution in [0.2, 0.25) is 0 Å². The number of amides is 2. The van der Waals surface area contributed by atoms with Crippen LogP contribution in [0.5, 0.6) is 5.75 Å². The van der Waals surface area contributed by atoms with Gasteiger partial charge < -0.3 is 19.9 Å². The third-order valence-electron chi connectivity index (χ3n) is 2.96. The standard InChI is InChI=1S/C14H15BrN2O6/c15-9-1-2-10-11(5-9)23-7-13(19)17(10)6-12(18)16-3-4-22-8-14(20)21/h1-2,5H,3-4,6-8H2,(H,16,18)(H,20,21). The van der Waals surface area contributed by atoms with Gasteiger partial charge in [0.25, 0.3) is 5.91 Å². The molecule has 0 unspecified atom stereocenters. The number of rotatable bonds is 7. The van der Waals surface area contributed by atoms with E-state index in [0.717, 1.165) is 4.47 Å². The number of nitrogens with zero attached hydrogens (tertiary/aromatic N) is 1. The van der Waals surface area contributed by atoms with Crippen molar-refractivity contribution in [2.75, 3.05) is 37.8 Å². The molecule has 9 heteroatoms. The molecule has 0 saturated heterocycles. The number of carboxylic acids is 1. The van der Waals surface area contributed by atoms with E-state index in [1.54, 1.807) is 18.2 Å². The molecule has 0 bridgehead atoms. The van der Waals surface area contributed by atoms with Crippen molar-refractivity contribution in [2.24, 2.45) is 0 Å². The second-order valence-electron chi connectivity index (χ2n) is 4.68. The number of aliphatic carboxylic acids is 1. The van der Waals surface area contributed by atoms with Gasteiger partial charge in [-0.05, 0) is 18.2 Å². The predicted octanol–water partition coefficient (Wildman–Crippen LogP) is 0.392. The summed E-state index contributed by atoms with van der Waals surface area (Å²) in [6, 6.07) is 5.18. The average Bonchev–Trinajstić information content (AvgIpc) is 2.49. The van der Waals surface area contributed by atoms with Gasteiger partial charge in [0.1, 0.15) is 18.9 Å². The lowest BCUT2D eigenvalue weighted by atomic mass is 10.2. The lowest BCUT2D eigenvalue weighted by Crippen LogP contribution is -2.45. The number of hydrogen-bond donors (Lipinski definition) is 2. The van der Waals surface area contributed by atoms with Crippen molar-refractivity contribution in [2.45, 2.75) is 0 Å². The van der Waals surface area contributed by atoms with Crippen molar-refractivity contribution < 1.29 is 29.0 Å². The Balaban J connectivity index is 1.88. The Morgan fingerprint density at radius 2 is 2.22 bits per heavy atom. The number of ether oxygens (including phenoxy) is 2. The number of carbonyl (C=O) groups excluding carboxylic acids is 2. The zero-order valence-electron chi connectivity index (χ0n) is 12.1. The van der Waals surface area contributed by atoms with E-state index in [-0.39, 0.29) is 38.1 Å². The first-order chi connectivity index (χ1) is 11.0. The van der Waals surface area contributed by atoms with Gasteiger partial charge in [0.05, 0.1) is 12.3 Å². The van der Waals surface area contributed by atoms with E-state index in [0.29, 0.717) is 11.4 Å². The van der Waals surface area contributed by atoms with Gasteiger partial charge in [0.15, 0.2) is 6.61 Å². The monoisotopic (exact) mass is 386 g/mol. The fraction of sp³-hybridized carbons (Fsp3) is 0.357. The Morgan fingerprint density at radius 3 is 2.96 bits per heavy atom. The molecule has 0 aromatic heterocycles. The molecule has 1 aromatic rings. The van der Waals surface area contributed by atoms with Crippen molar-refractivity contribution in [3.63, 3.8) is 0 Å². The molecule has 1 aromatic carbocycles. The third-order valence-corrected chi connectivity index (χ3v) is 3.45. The summed E-state index contributed by atoms with van der Waals surface area (Å²) in [7, 11) is 0. The highest BCUT2D eigenvalue weighted by Gasteiger charge is 2.27. The SMILES string of the molecule is O=C(O)COCCNC(=O)CN1C(=O)COc2cc(Br)ccc21. The minimum Gasteiger partial charge on any atom is -0.482 e. The Kier molecular flexibility index (Phi) is 5.94. The molecular weight excluding hydrogens is 372 g/mol. The summed E-state index contributed by atoms with van der Waals surface area (Å²) in [5.74, 6) is -1.22. The summed E-state index contributed by atoms with van der Waals surface area (Å²) in [4.78, 5) is 35.5. The van der Waals surface area contributed by atoms with Gasteiger partial charge in [-0.1, -0.05) is 15.9 Å². The van der Waals surface area contributed by atoms with Gasteiger partial charge in [-0.15, -0.1) is 0 Å². The highest BCUT2D eigenvalue weighted by molar-refractivity contribution is 9.10. The van der Waals surface area contributed by atoms with Crippen LogP contribution in [0, 0.1) is 0 Å². The summed E-state index contributed by atoms with van der Waals surface area (Å²) in [5, 5.41) is 11.0. The number of benzene rings is 1. The quantitative estimate of drug-likeness (QED) is 0.656. The molecule has 0 spiro atoms. The maximum Gasteiger partial charge on any atom is 0.329 e. The van der Waals surface area contributed by atoms with Crippen LogP contribution in [-0.2, 0) is 19.1 Å². The van der Waals surface area contributed by atoms with Gasteiger partial charge >= 0.3 is 5.97 Å². The largest absolute Gasteiger partial charge is 0.482 e. The van der Waals surface area contributed by atoms with Crippen molar-refractivity contribution in [3.8, 4) is 5.75 Å². The highest BCUT2D eigenvalue weighted by atomic mass is 79.9. The summed E-state index contributed by atoms with van der Waals surface area (Å²) in [5.41, 5.74) is 0.529. The molecule has 1 aliphatic heterocycles. The summed E-state index contributed by atoms with van der Waals surface area (Å²) < 4.78 is 11.0. The smallest absolute Gasteiger partial charge is 0.329 e. The van der Waals surface area contributed by atoms with Crippen molar-refractivity contribution in [1.29, 1.82) is 0 Å². The van der Waals surface area contributed by atoms with Crippen molar-refractivity contribution >= 4 is 39.4 Å². The Morgan fingerprint density at radius 1 is 1.43 bits per heavy atom. The fourth-order valence-corrected chi connectivity index (χ4v) is 2.31. The summed E-state index contributed by atoms with van der Waals surface area (Å²) in [6.45, 7) is -0.440. The van der Waals surface area contributed by atoms with Crippen LogP contribution in [0.15, 0.2) is 22.7 Å². The van der Waals surface area contributed by atoms with E-state index in [4.69, 9.17) is 14.6 Å². The van der Waals surface area contributed by atoms with Crippen LogP contribution in [0.25, 0.3) is 0 Å². The number of carboxylic acid groups (broad SMARTS) is 1. The lowest BCUT2D eigenvalue weighted by molar-refractivity contribution is -0.142. The molecule has 0 radical (unpaired) electrons. The number of halogens is 1. The van der Waals surface area contributed by atoms with E-state index in [1.807, 2.05) is 0 Å². The molecule has 124 valence electrons. The Labute approximate surface area is 140 Å². The lowest BCUT2D eigenvalue weighted by Gasteiger charge is -2.28. The number of fused-ring (bicyclic) bond motifs is 1. The normalized spacial score (nSPS) is 13.3. The first kappa shape index (κ1) is 17.2. The van der Waals surface area contributed by atoms with Crippen LogP contribution in [0.4, 0.5) is 5.69 Å². The maximum absolute atomic E-state index is 11.9. The number of anilines is 1. The molecule has 1 heterocycles. The minimum absolute atomic E-state index is 0.0820. The zero-order valence-corrected chi connectivity index (χ0v) is 13.7. The molecule has 0 saturated carbocycles. The molecule has 0 aliphatic carbocycles. The van der Waals surface area contributed by atoms with Crippen LogP contribution in [0.1, 0.15) is 0 Å². The van der Waals surface area contributed by atoms with Crippen LogP contribution in [-0.4, -0.2) is 55.8 Å². The fourth-order valence-electron chi connectivity index (χ4n) is 1.97. The van der Waals surface area contributed by atoms with Gasteiger partial charge in [0.2, 0.25) is 5.91 Å². The molecular formula is C14H15BrN2O6. The van der Waals surface area contributed by atoms with Crippen molar-refractivity contribution in [3.05, 3.63) is 22.7 Å². The van der Waals surface area contributed by atoms with E-state index >= 15 is 0 Å². The maximum atomic E-state index is 11.9. The van der Waals surface area contributed by atoms with Gasteiger partial charge in [-0.25, -0.2) is 4.79 Å². The molecule has 1 aliphatic rings. The van der Waals surface area contributed by atoms with E-state index in [9.17, 15) is 14.4 Å². The molecule has 2 amide bonds. The molecule has 2 rings (SSSR count). The topological polar surface area (TPSA) is 105 Å². The highest BCUT2D eigenvalue weighted by Crippen LogP contribution is 2.34. The van der Waals surface area contributed by atoms with Crippen LogP contribution >= 0.6 is 15.9 Å². The number of hydrogen-bond acceptors (Lipinski definition) is 5. The first-order valence-electron chi connectivity index (χ1n) is 6.76. The molecule has 8 nitrogen and oxygen atoms in total. The minimum atomic E-state index is -1.07. The summed E-state index contributed by atoms with van der Waals surface area (Å²) >= 11 is 3.32. The summed E-state index contributed by atoms with van der Waals surface area (Å²) in [6.07, 6.45) is 0. The predicted molar refractivity (Wildman–Crippen MR) is 83.5 cm³/mol. The zero-order chi connectivity index (χ0) is 16.8. The number of nitrogens with one attached hydrogen (secondary N) is 1. The van der Waals surface area contributed by atoms with Crippen molar-refractivity contribution in [1.82, 2.24) is 5.32 Å². The number of carbonyl (C=O) groups is 3. The molecule has 0 fully saturated rings. The Hall–Kier alpha value is -2.13. The van der Waals surface area contributed by atoms with Crippen LogP contribution in [0.3, 0.4) is 0 Å². The second-order valence-corrected chi connectivity index (χ2v) is 5.59. The van der Waals surface area contributed by atoms with E-state index < -0.39 is 12.6 Å². The van der Waals surface area contributed by atoms with Gasteiger partial charge in [-0.3, -0.25) is 14.5 Å². The van der Waals surface area contributed by atoms with E-state index in [2.05, 4.69) is 21.2 Å². The third kappa shape index (κ3) is 4.93. The Bertz CT molecular complexity index is 621. The molecule has 23 heavy (non-hydrogen) atoms. The van der Waals surface area contributed by atoms with Crippen LogP contribution < -0.4 is 15.0 Å². The first-order valence-corrected chi connectivity index (χ1v) is 7.55.